The van der Waals surface area contributed by atoms with Crippen LogP contribution in [0, 0.1) is 0 Å². The van der Waals surface area contributed by atoms with Crippen molar-refractivity contribution in [2.45, 2.75) is 0 Å². The molecule has 0 saturated carbocycles. The van der Waals surface area contributed by atoms with Crippen LogP contribution in [0.2, 0.25) is 0 Å². The average molecular weight is 504 g/mol. The maximum absolute atomic E-state index is 4.43. The van der Waals surface area contributed by atoms with E-state index < -0.39 is 8.07 Å². The molecule has 0 aliphatic carbocycles. The van der Waals surface area contributed by atoms with Crippen LogP contribution in [-0.4, -0.2) is 18.0 Å². The summed E-state index contributed by atoms with van der Waals surface area (Å²) in [6.07, 6.45) is 3.56. The van der Waals surface area contributed by atoms with Crippen LogP contribution in [0.25, 0.3) is 11.4 Å². The van der Waals surface area contributed by atoms with Crippen molar-refractivity contribution in [3.63, 3.8) is 0 Å². The zero-order chi connectivity index (χ0) is 25.4. The first-order valence-corrected chi connectivity index (χ1v) is 14.8. The standard InChI is InChI=1S/C34H25N3Si/c1-3-12-28(13-4-1)38(29-14-5-2-6-15-29)32-18-9-7-16-30(32)37(31-17-8-10-19-33(31)38)27-22-20-26(21-23-27)34-35-24-11-25-36-34/h1-25H. The fourth-order valence-electron chi connectivity index (χ4n) is 5.90. The highest BCUT2D eigenvalue weighted by atomic mass is 28.3. The van der Waals surface area contributed by atoms with E-state index in [4.69, 9.17) is 0 Å². The Kier molecular flexibility index (Phi) is 5.45. The largest absolute Gasteiger partial charge is 0.311 e. The summed E-state index contributed by atoms with van der Waals surface area (Å²) in [6.45, 7) is 0. The Balaban J connectivity index is 1.50. The second-order valence-corrected chi connectivity index (χ2v) is 13.2. The van der Waals surface area contributed by atoms with Gasteiger partial charge in [0.15, 0.2) is 13.9 Å². The topological polar surface area (TPSA) is 29.0 Å². The fraction of sp³-hybridized carbons (Fsp3) is 0. The van der Waals surface area contributed by atoms with E-state index in [0.717, 1.165) is 17.1 Å². The molecule has 0 fully saturated rings. The number of para-hydroxylation sites is 2. The summed E-state index contributed by atoms with van der Waals surface area (Å²) in [5, 5.41) is 5.57. The van der Waals surface area contributed by atoms with Gasteiger partial charge in [-0.15, -0.1) is 0 Å². The van der Waals surface area contributed by atoms with E-state index in [1.54, 1.807) is 12.4 Å². The molecule has 5 aromatic carbocycles. The molecule has 2 heterocycles. The van der Waals surface area contributed by atoms with Crippen molar-refractivity contribution in [3.8, 4) is 11.4 Å². The summed E-state index contributed by atoms with van der Waals surface area (Å²) in [7, 11) is -2.58. The SMILES string of the molecule is c1ccc([Si]2(c3ccccc3)c3ccccc3N(c3ccc(-c4ncccn4)cc3)c3ccccc32)cc1. The lowest BCUT2D eigenvalue weighted by Gasteiger charge is -2.45. The van der Waals surface area contributed by atoms with Crippen molar-refractivity contribution < 1.29 is 0 Å². The fourth-order valence-corrected chi connectivity index (χ4v) is 11.0. The van der Waals surface area contributed by atoms with E-state index in [9.17, 15) is 0 Å². The van der Waals surface area contributed by atoms with Gasteiger partial charge in [-0.25, -0.2) is 9.97 Å². The third kappa shape index (κ3) is 3.42. The third-order valence-corrected chi connectivity index (χ3v) is 12.3. The first kappa shape index (κ1) is 22.4. The highest BCUT2D eigenvalue weighted by Gasteiger charge is 2.48. The molecule has 0 bridgehead atoms. The molecular weight excluding hydrogens is 478 g/mol. The second kappa shape index (κ2) is 9.25. The monoisotopic (exact) mass is 503 g/mol. The van der Waals surface area contributed by atoms with Gasteiger partial charge in [0.25, 0.3) is 0 Å². The van der Waals surface area contributed by atoms with Crippen molar-refractivity contribution in [1.82, 2.24) is 9.97 Å². The van der Waals surface area contributed by atoms with Crippen LogP contribution in [-0.2, 0) is 0 Å². The highest BCUT2D eigenvalue weighted by Crippen LogP contribution is 2.38. The van der Waals surface area contributed by atoms with Crippen LogP contribution in [0.1, 0.15) is 0 Å². The molecule has 0 unspecified atom stereocenters. The summed E-state index contributed by atoms with van der Waals surface area (Å²) < 4.78 is 0. The zero-order valence-corrected chi connectivity index (χ0v) is 21.8. The molecule has 3 nitrogen and oxygen atoms in total. The van der Waals surface area contributed by atoms with Gasteiger partial charge in [-0.1, -0.05) is 97.1 Å². The van der Waals surface area contributed by atoms with Crippen LogP contribution in [0.4, 0.5) is 17.1 Å². The van der Waals surface area contributed by atoms with Crippen LogP contribution < -0.4 is 25.6 Å². The highest BCUT2D eigenvalue weighted by molar-refractivity contribution is 7.21. The molecule has 0 atom stereocenters. The molecular formula is C34H25N3Si. The van der Waals surface area contributed by atoms with Gasteiger partial charge in [0.05, 0.1) is 0 Å². The molecule has 180 valence electrons. The Hall–Kier alpha value is -4.80. The molecule has 4 heteroatoms. The van der Waals surface area contributed by atoms with Crippen LogP contribution in [0.3, 0.4) is 0 Å². The van der Waals surface area contributed by atoms with Crippen molar-refractivity contribution >= 4 is 45.9 Å². The number of benzene rings is 5. The molecule has 38 heavy (non-hydrogen) atoms. The maximum atomic E-state index is 4.43. The number of nitrogens with zero attached hydrogens (tertiary/aromatic N) is 3. The molecule has 0 radical (unpaired) electrons. The number of rotatable bonds is 4. The van der Waals surface area contributed by atoms with E-state index in [2.05, 4.69) is 148 Å². The van der Waals surface area contributed by atoms with Crippen molar-refractivity contribution in [3.05, 3.63) is 152 Å². The number of hydrogen-bond donors (Lipinski definition) is 0. The Morgan fingerprint density at radius 1 is 0.447 bits per heavy atom. The molecule has 1 aromatic heterocycles. The van der Waals surface area contributed by atoms with Gasteiger partial charge in [0, 0.05) is 35.0 Å². The van der Waals surface area contributed by atoms with E-state index in [0.29, 0.717) is 0 Å². The Labute approximate surface area is 223 Å². The van der Waals surface area contributed by atoms with Crippen LogP contribution in [0.15, 0.2) is 152 Å². The summed E-state index contributed by atoms with van der Waals surface area (Å²) in [5.74, 6) is 0.734. The molecule has 1 aliphatic rings. The van der Waals surface area contributed by atoms with Gasteiger partial charge in [-0.05, 0) is 63.2 Å². The molecule has 0 saturated heterocycles. The van der Waals surface area contributed by atoms with E-state index in [1.165, 1.54) is 32.1 Å². The minimum Gasteiger partial charge on any atom is -0.311 e. The smallest absolute Gasteiger partial charge is 0.184 e. The number of aromatic nitrogens is 2. The predicted octanol–water partition coefficient (Wildman–Crippen LogP) is 5.30. The van der Waals surface area contributed by atoms with Gasteiger partial charge in [0.1, 0.15) is 0 Å². The summed E-state index contributed by atoms with van der Waals surface area (Å²) in [4.78, 5) is 11.3. The summed E-state index contributed by atoms with van der Waals surface area (Å²) in [5.41, 5.74) is 4.59. The van der Waals surface area contributed by atoms with Gasteiger partial charge in [-0.2, -0.15) is 0 Å². The molecule has 0 N–H and O–H groups in total. The second-order valence-electron chi connectivity index (χ2n) is 9.47. The zero-order valence-electron chi connectivity index (χ0n) is 20.8. The van der Waals surface area contributed by atoms with Crippen molar-refractivity contribution in [1.29, 1.82) is 0 Å². The quantitative estimate of drug-likeness (QED) is 0.305. The van der Waals surface area contributed by atoms with E-state index >= 15 is 0 Å². The Morgan fingerprint density at radius 2 is 0.921 bits per heavy atom. The van der Waals surface area contributed by atoms with E-state index in [1.807, 2.05) is 6.07 Å². The third-order valence-electron chi connectivity index (χ3n) is 7.46. The van der Waals surface area contributed by atoms with Gasteiger partial charge >= 0.3 is 0 Å². The lowest BCUT2D eigenvalue weighted by atomic mass is 10.1. The van der Waals surface area contributed by atoms with E-state index in [-0.39, 0.29) is 0 Å². The van der Waals surface area contributed by atoms with Crippen molar-refractivity contribution in [2.75, 3.05) is 4.90 Å². The summed E-state index contributed by atoms with van der Waals surface area (Å²) in [6, 6.07) is 50.5. The Morgan fingerprint density at radius 3 is 1.45 bits per heavy atom. The first-order chi connectivity index (χ1) is 18.9. The summed E-state index contributed by atoms with van der Waals surface area (Å²) >= 11 is 0. The molecule has 6 aromatic rings. The minimum absolute atomic E-state index is 0.734. The number of anilines is 3. The van der Waals surface area contributed by atoms with Gasteiger partial charge in [0.2, 0.25) is 0 Å². The predicted molar refractivity (Wildman–Crippen MR) is 159 cm³/mol. The molecule has 1 aliphatic heterocycles. The Bertz CT molecular complexity index is 1610. The van der Waals surface area contributed by atoms with Crippen molar-refractivity contribution in [2.24, 2.45) is 0 Å². The number of fused-ring (bicyclic) bond motifs is 2. The lowest BCUT2D eigenvalue weighted by molar-refractivity contribution is 1.17. The lowest BCUT2D eigenvalue weighted by Crippen LogP contribution is -2.77. The van der Waals surface area contributed by atoms with Crippen LogP contribution in [0.5, 0.6) is 0 Å². The van der Waals surface area contributed by atoms with Gasteiger partial charge in [-0.3, -0.25) is 0 Å². The maximum Gasteiger partial charge on any atom is 0.184 e. The molecule has 0 amide bonds. The molecule has 0 spiro atoms. The normalized spacial score (nSPS) is 13.4. The number of hydrogen-bond acceptors (Lipinski definition) is 3. The first-order valence-electron chi connectivity index (χ1n) is 12.8. The average Bonchev–Trinajstić information content (AvgIpc) is 3.01. The van der Waals surface area contributed by atoms with Gasteiger partial charge < -0.3 is 4.90 Å². The minimum atomic E-state index is -2.58. The van der Waals surface area contributed by atoms with Crippen LogP contribution >= 0.6 is 0 Å². The molecule has 7 rings (SSSR count).